The van der Waals surface area contributed by atoms with Crippen LogP contribution in [0.3, 0.4) is 0 Å². The number of thiophene rings is 1. The molecule has 0 spiro atoms. The van der Waals surface area contributed by atoms with E-state index in [2.05, 4.69) is 15.3 Å². The molecule has 0 radical (unpaired) electrons. The lowest BCUT2D eigenvalue weighted by atomic mass is 9.97. The molecule has 22 heavy (non-hydrogen) atoms. The Labute approximate surface area is 134 Å². The highest BCUT2D eigenvalue weighted by Crippen LogP contribution is 2.25. The minimum atomic E-state index is -0.0624. The van der Waals surface area contributed by atoms with Gasteiger partial charge in [0, 0.05) is 6.04 Å². The first-order valence-corrected chi connectivity index (χ1v) is 8.81. The van der Waals surface area contributed by atoms with E-state index in [-0.39, 0.29) is 12.5 Å². The number of amides is 1. The summed E-state index contributed by atoms with van der Waals surface area (Å²) in [5.74, 6) is 0.423. The zero-order chi connectivity index (χ0) is 15.2. The number of nitrogens with one attached hydrogen (secondary N) is 1. The Balaban J connectivity index is 1.52. The Bertz CT molecular complexity index is 621. The van der Waals surface area contributed by atoms with Gasteiger partial charge in [0.05, 0.1) is 5.39 Å². The molecule has 0 aliphatic heterocycles. The van der Waals surface area contributed by atoms with E-state index in [4.69, 9.17) is 4.74 Å². The van der Waals surface area contributed by atoms with Crippen LogP contribution in [0.4, 0.5) is 0 Å². The van der Waals surface area contributed by atoms with Gasteiger partial charge in [-0.25, -0.2) is 9.97 Å². The largest absolute Gasteiger partial charge is 0.467 e. The molecule has 1 N–H and O–H groups in total. The van der Waals surface area contributed by atoms with Crippen LogP contribution in [0.2, 0.25) is 0 Å². The van der Waals surface area contributed by atoms with Gasteiger partial charge in [0.1, 0.15) is 11.2 Å². The van der Waals surface area contributed by atoms with Gasteiger partial charge in [0.15, 0.2) is 6.61 Å². The Morgan fingerprint density at radius 2 is 2.00 bits per heavy atom. The molecule has 0 unspecified atom stereocenters. The molecule has 6 heteroatoms. The quantitative estimate of drug-likeness (QED) is 0.939. The number of rotatable bonds is 4. The number of carbonyl (C=O) groups excluding carboxylic acids is 1. The fourth-order valence-corrected chi connectivity index (χ4v) is 3.61. The summed E-state index contributed by atoms with van der Waals surface area (Å²) in [7, 11) is 0. The third-order valence-corrected chi connectivity index (χ3v) is 4.86. The standard InChI is InChI=1S/C16H21N3O2S/c20-14(19-12-6-4-2-1-3-5-7-12)10-21-15-13-8-9-22-16(13)18-11-17-15/h8-9,11-12H,1-7,10H2,(H,19,20). The molecule has 1 aliphatic carbocycles. The molecule has 1 saturated carbocycles. The fraction of sp³-hybridized carbons (Fsp3) is 0.562. The topological polar surface area (TPSA) is 64.1 Å². The van der Waals surface area contributed by atoms with Crippen molar-refractivity contribution in [3.05, 3.63) is 17.8 Å². The Morgan fingerprint density at radius 1 is 1.23 bits per heavy atom. The van der Waals surface area contributed by atoms with Crippen LogP contribution in [0.15, 0.2) is 17.8 Å². The summed E-state index contributed by atoms with van der Waals surface area (Å²) in [5.41, 5.74) is 0. The Morgan fingerprint density at radius 3 is 2.82 bits per heavy atom. The second-order valence-electron chi connectivity index (χ2n) is 5.72. The van der Waals surface area contributed by atoms with E-state index in [0.29, 0.717) is 11.9 Å². The zero-order valence-corrected chi connectivity index (χ0v) is 13.4. The molecule has 1 fully saturated rings. The molecular formula is C16H21N3O2S. The predicted octanol–water partition coefficient (Wildman–Crippen LogP) is 3.30. The van der Waals surface area contributed by atoms with E-state index in [1.54, 1.807) is 0 Å². The number of ether oxygens (including phenoxy) is 1. The smallest absolute Gasteiger partial charge is 0.258 e. The average Bonchev–Trinajstić information content (AvgIpc) is 2.97. The van der Waals surface area contributed by atoms with E-state index >= 15 is 0 Å². The van der Waals surface area contributed by atoms with Crippen LogP contribution in [0, 0.1) is 0 Å². The Hall–Kier alpha value is -1.69. The Kier molecular flexibility index (Phi) is 5.21. The maximum atomic E-state index is 12.1. The van der Waals surface area contributed by atoms with Crippen LogP contribution in [0.1, 0.15) is 44.9 Å². The molecule has 0 aromatic carbocycles. The molecule has 1 aliphatic rings. The SMILES string of the molecule is O=C(COc1ncnc2sccc12)NC1CCCCCCC1. The predicted molar refractivity (Wildman–Crippen MR) is 87.2 cm³/mol. The molecule has 118 valence electrons. The van der Waals surface area contributed by atoms with Gasteiger partial charge in [-0.3, -0.25) is 4.79 Å². The maximum Gasteiger partial charge on any atom is 0.258 e. The lowest BCUT2D eigenvalue weighted by molar-refractivity contribution is -0.124. The van der Waals surface area contributed by atoms with Crippen molar-refractivity contribution < 1.29 is 9.53 Å². The van der Waals surface area contributed by atoms with Gasteiger partial charge in [-0.1, -0.05) is 32.1 Å². The van der Waals surface area contributed by atoms with Crippen molar-refractivity contribution in [1.29, 1.82) is 0 Å². The summed E-state index contributed by atoms with van der Waals surface area (Å²) in [6.45, 7) is 0.0124. The van der Waals surface area contributed by atoms with E-state index in [1.165, 1.54) is 49.8 Å². The highest BCUT2D eigenvalue weighted by molar-refractivity contribution is 7.16. The van der Waals surface area contributed by atoms with Crippen LogP contribution < -0.4 is 10.1 Å². The van der Waals surface area contributed by atoms with Gasteiger partial charge in [-0.15, -0.1) is 11.3 Å². The summed E-state index contributed by atoms with van der Waals surface area (Å²) in [6, 6.07) is 2.21. The normalized spacial score (nSPS) is 16.9. The summed E-state index contributed by atoms with van der Waals surface area (Å²) in [6.07, 6.45) is 9.91. The minimum Gasteiger partial charge on any atom is -0.467 e. The third kappa shape index (κ3) is 3.94. The molecule has 0 bridgehead atoms. The van der Waals surface area contributed by atoms with Crippen molar-refractivity contribution in [3.63, 3.8) is 0 Å². The van der Waals surface area contributed by atoms with Crippen molar-refractivity contribution in [1.82, 2.24) is 15.3 Å². The molecule has 0 saturated heterocycles. The van der Waals surface area contributed by atoms with E-state index in [9.17, 15) is 4.79 Å². The molecule has 1 amide bonds. The summed E-state index contributed by atoms with van der Waals surface area (Å²) >= 11 is 1.54. The van der Waals surface area contributed by atoms with Gasteiger partial charge >= 0.3 is 0 Å². The average molecular weight is 319 g/mol. The van der Waals surface area contributed by atoms with E-state index in [1.807, 2.05) is 11.4 Å². The molecular weight excluding hydrogens is 298 g/mol. The zero-order valence-electron chi connectivity index (χ0n) is 12.6. The number of fused-ring (bicyclic) bond motifs is 1. The first kappa shape index (κ1) is 15.2. The number of hydrogen-bond acceptors (Lipinski definition) is 5. The fourth-order valence-electron chi connectivity index (χ4n) is 2.89. The number of nitrogens with zero attached hydrogens (tertiary/aromatic N) is 2. The summed E-state index contributed by atoms with van der Waals surface area (Å²) in [5, 5.41) is 5.91. The number of hydrogen-bond donors (Lipinski definition) is 1. The molecule has 5 nitrogen and oxygen atoms in total. The van der Waals surface area contributed by atoms with Crippen molar-refractivity contribution in [2.24, 2.45) is 0 Å². The second-order valence-corrected chi connectivity index (χ2v) is 6.61. The lowest BCUT2D eigenvalue weighted by Crippen LogP contribution is -2.38. The molecule has 0 atom stereocenters. The monoisotopic (exact) mass is 319 g/mol. The third-order valence-electron chi connectivity index (χ3n) is 4.04. The van der Waals surface area contributed by atoms with Gasteiger partial charge in [0.25, 0.3) is 5.91 Å². The van der Waals surface area contributed by atoms with Gasteiger partial charge in [-0.2, -0.15) is 0 Å². The maximum absolute atomic E-state index is 12.1. The first-order chi connectivity index (χ1) is 10.8. The van der Waals surface area contributed by atoms with Crippen LogP contribution in [0.5, 0.6) is 5.88 Å². The van der Waals surface area contributed by atoms with Gasteiger partial charge in [-0.05, 0) is 24.3 Å². The van der Waals surface area contributed by atoms with Gasteiger partial charge in [0.2, 0.25) is 5.88 Å². The first-order valence-electron chi connectivity index (χ1n) is 7.93. The van der Waals surface area contributed by atoms with Crippen molar-refractivity contribution in [2.45, 2.75) is 51.0 Å². The molecule has 2 aromatic rings. The highest BCUT2D eigenvalue weighted by atomic mass is 32.1. The van der Waals surface area contributed by atoms with Crippen LogP contribution >= 0.6 is 11.3 Å². The molecule has 2 heterocycles. The second kappa shape index (κ2) is 7.54. The van der Waals surface area contributed by atoms with E-state index in [0.717, 1.165) is 23.1 Å². The highest BCUT2D eigenvalue weighted by Gasteiger charge is 2.15. The van der Waals surface area contributed by atoms with Crippen LogP contribution in [-0.4, -0.2) is 28.5 Å². The van der Waals surface area contributed by atoms with E-state index < -0.39 is 0 Å². The summed E-state index contributed by atoms with van der Waals surface area (Å²) in [4.78, 5) is 21.2. The van der Waals surface area contributed by atoms with Gasteiger partial charge < -0.3 is 10.1 Å². The van der Waals surface area contributed by atoms with Crippen LogP contribution in [-0.2, 0) is 4.79 Å². The molecule has 3 rings (SSSR count). The van der Waals surface area contributed by atoms with Crippen molar-refractivity contribution in [3.8, 4) is 5.88 Å². The van der Waals surface area contributed by atoms with Crippen molar-refractivity contribution >= 4 is 27.5 Å². The molecule has 2 aromatic heterocycles. The van der Waals surface area contributed by atoms with Crippen molar-refractivity contribution in [2.75, 3.05) is 6.61 Å². The minimum absolute atomic E-state index is 0.0124. The number of aromatic nitrogens is 2. The summed E-state index contributed by atoms with van der Waals surface area (Å²) < 4.78 is 5.58. The van der Waals surface area contributed by atoms with Crippen LogP contribution in [0.25, 0.3) is 10.2 Å². The number of carbonyl (C=O) groups is 1. The lowest BCUT2D eigenvalue weighted by Gasteiger charge is -2.21.